The minimum absolute atomic E-state index is 0.00209. The number of likely N-dealkylation sites (N-methyl/N-ethyl adjacent to an activating group) is 2. The van der Waals surface area contributed by atoms with Crippen molar-refractivity contribution in [1.82, 2.24) is 40.7 Å². The first-order valence-corrected chi connectivity index (χ1v) is 29.3. The lowest BCUT2D eigenvalue weighted by Gasteiger charge is -2.41. The van der Waals surface area contributed by atoms with Crippen molar-refractivity contribution in [3.63, 3.8) is 0 Å². The molecule has 1 unspecified atom stereocenters. The van der Waals surface area contributed by atoms with Gasteiger partial charge < -0.3 is 56.5 Å². The van der Waals surface area contributed by atoms with E-state index in [1.807, 2.05) is 20.8 Å². The number of ether oxygens (including phenoxy) is 3. The Morgan fingerprint density at radius 3 is 1.86 bits per heavy atom. The molecule has 2 aromatic rings. The molecule has 6 atom stereocenters. The zero-order valence-electron chi connectivity index (χ0n) is 50.6. The van der Waals surface area contributed by atoms with Gasteiger partial charge in [0.05, 0.1) is 50.6 Å². The molecule has 466 valence electrons. The summed E-state index contributed by atoms with van der Waals surface area (Å²) in [5.74, 6) is -4.63. The predicted molar refractivity (Wildman–Crippen MR) is 314 cm³/mol. The third-order valence-corrected chi connectivity index (χ3v) is 15.3. The summed E-state index contributed by atoms with van der Waals surface area (Å²) < 4.78 is 46.2. The second-order valence-electron chi connectivity index (χ2n) is 22.9. The lowest BCUT2D eigenvalue weighted by Crippen LogP contribution is -2.62. The summed E-state index contributed by atoms with van der Waals surface area (Å²) in [5, 5.41) is 24.1. The standard InChI is InChI=1S/C58H88N10O15S/c1-36(2)43(66(12)54(75)49(57(7,8)9)64-53(74)50(67(13)56(77)78)58(10,11)40-19-15-14-16-20-40)34-38(5)51(72)65-84(79,80)42-23-21-41(22-24-42)62-44(68-46(70)25-26-47(68)71)35-83-33-32-82-31-30-81-29-27-45(69)63-48(37(3)4)52(73)61-39(6)18-17-28-60-55(59)76/h14-16,19-26,34,36-37,39,43-44,48-50,62H,17-18,27-33,35H2,1-13H3,(H,61,73)(H,63,69)(H,64,74)(H,65,72)(H,77,78)(H3,59,60,76)/b38-34+/t39-,43+,44-,48-,49+,50?/m0/s1. The highest BCUT2D eigenvalue weighted by Gasteiger charge is 2.45. The molecule has 25 nitrogen and oxygen atoms in total. The van der Waals surface area contributed by atoms with Crippen molar-refractivity contribution in [1.29, 1.82) is 0 Å². The second kappa shape index (κ2) is 32.6. The molecule has 26 heteroatoms. The van der Waals surface area contributed by atoms with Crippen LogP contribution in [0, 0.1) is 17.3 Å². The highest BCUT2D eigenvalue weighted by Crippen LogP contribution is 2.32. The van der Waals surface area contributed by atoms with E-state index in [1.165, 1.54) is 56.3 Å². The van der Waals surface area contributed by atoms with Gasteiger partial charge in [0.2, 0.25) is 23.6 Å². The molecule has 0 aliphatic carbocycles. The van der Waals surface area contributed by atoms with Crippen LogP contribution >= 0.6 is 0 Å². The Bertz CT molecular complexity index is 2750. The zero-order chi connectivity index (χ0) is 63.3. The minimum atomic E-state index is -4.49. The molecular formula is C58H88N10O15S. The smallest absolute Gasteiger partial charge is 0.407 e. The number of nitrogens with zero attached hydrogens (tertiary/aromatic N) is 3. The summed E-state index contributed by atoms with van der Waals surface area (Å²) in [6, 6.07) is 9.35. The first-order valence-electron chi connectivity index (χ1n) is 27.8. The number of nitrogens with two attached hydrogens (primary N) is 1. The number of rotatable bonds is 34. The van der Waals surface area contributed by atoms with E-state index in [1.54, 1.807) is 78.8 Å². The molecule has 10 amide bonds. The number of carbonyl (C=O) groups excluding carboxylic acids is 8. The van der Waals surface area contributed by atoms with Crippen molar-refractivity contribution in [2.24, 2.45) is 23.0 Å². The summed E-state index contributed by atoms with van der Waals surface area (Å²) in [5.41, 5.74) is 4.10. The topological polar surface area (TPSA) is 344 Å². The fourth-order valence-electron chi connectivity index (χ4n) is 9.12. The summed E-state index contributed by atoms with van der Waals surface area (Å²) in [6.45, 7) is 19.9. The number of hydrogen-bond donors (Lipinski definition) is 8. The number of anilines is 1. The Morgan fingerprint density at radius 2 is 1.32 bits per heavy atom. The minimum Gasteiger partial charge on any atom is -0.465 e. The molecular weight excluding hydrogens is 1110 g/mol. The van der Waals surface area contributed by atoms with Crippen LogP contribution in [0.5, 0.6) is 0 Å². The van der Waals surface area contributed by atoms with Gasteiger partial charge in [-0.2, -0.15) is 0 Å². The van der Waals surface area contributed by atoms with Crippen molar-refractivity contribution in [2.75, 3.05) is 65.6 Å². The molecule has 84 heavy (non-hydrogen) atoms. The van der Waals surface area contributed by atoms with Gasteiger partial charge in [-0.05, 0) is 73.8 Å². The maximum atomic E-state index is 14.5. The molecule has 1 heterocycles. The average Bonchev–Trinajstić information content (AvgIpc) is 2.42. The van der Waals surface area contributed by atoms with E-state index in [4.69, 9.17) is 19.9 Å². The molecule has 0 radical (unpaired) electrons. The van der Waals surface area contributed by atoms with Crippen LogP contribution in [0.4, 0.5) is 15.3 Å². The van der Waals surface area contributed by atoms with E-state index in [9.17, 15) is 56.7 Å². The quantitative estimate of drug-likeness (QED) is 0.0282. The Labute approximate surface area is 493 Å². The van der Waals surface area contributed by atoms with Crippen LogP contribution in [-0.2, 0) is 63.2 Å². The number of nitrogens with one attached hydrogen (secondary N) is 6. The van der Waals surface area contributed by atoms with Gasteiger partial charge in [-0.1, -0.05) is 98.7 Å². The Balaban J connectivity index is 1.58. The number of carboxylic acid groups (broad SMARTS) is 1. The molecule has 2 aromatic carbocycles. The van der Waals surface area contributed by atoms with Gasteiger partial charge in [0.25, 0.3) is 27.7 Å². The summed E-state index contributed by atoms with van der Waals surface area (Å²) in [7, 11) is -1.69. The average molecular weight is 1200 g/mol. The number of benzene rings is 2. The SMILES string of the molecule is C/C(=C\[C@H](C(C)C)N(C)C(=O)[C@@H](NC(=O)C(N(C)C(=O)O)C(C)(C)c1ccccc1)C(C)(C)C)C(=O)NS(=O)(=O)c1ccc(N[C@H](COCCOCCOCCC(=O)N[C@H](C(=O)N[C@@H](C)CCCNC(N)=O)C(C)C)N2C(=O)C=CC2=O)cc1. The number of amides is 10. The van der Waals surface area contributed by atoms with E-state index >= 15 is 0 Å². The van der Waals surface area contributed by atoms with Gasteiger partial charge in [-0.15, -0.1) is 0 Å². The molecule has 1 aliphatic rings. The third-order valence-electron chi connectivity index (χ3n) is 13.9. The van der Waals surface area contributed by atoms with Crippen LogP contribution in [0.1, 0.15) is 101 Å². The lowest BCUT2D eigenvalue weighted by atomic mass is 9.76. The number of urea groups is 1. The maximum absolute atomic E-state index is 14.5. The summed E-state index contributed by atoms with van der Waals surface area (Å²) in [4.78, 5) is 119. The second-order valence-corrected chi connectivity index (χ2v) is 24.6. The molecule has 0 spiro atoms. The Morgan fingerprint density at radius 1 is 0.750 bits per heavy atom. The Kier molecular flexibility index (Phi) is 27.5. The number of primary amides is 1. The first-order chi connectivity index (χ1) is 39.2. The van der Waals surface area contributed by atoms with E-state index < -0.39 is 92.8 Å². The molecule has 3 rings (SSSR count). The summed E-state index contributed by atoms with van der Waals surface area (Å²) in [6.07, 6.45) is 2.50. The van der Waals surface area contributed by atoms with E-state index in [0.717, 1.165) is 22.0 Å². The van der Waals surface area contributed by atoms with Crippen LogP contribution in [-0.4, -0.2) is 178 Å². The van der Waals surface area contributed by atoms with Crippen molar-refractivity contribution >= 4 is 69.2 Å². The maximum Gasteiger partial charge on any atom is 0.407 e. The molecule has 0 saturated heterocycles. The van der Waals surface area contributed by atoms with Crippen LogP contribution in [0.15, 0.2) is 83.3 Å². The van der Waals surface area contributed by atoms with Crippen molar-refractivity contribution < 1.29 is 70.9 Å². The van der Waals surface area contributed by atoms with Gasteiger partial charge in [-0.3, -0.25) is 43.4 Å². The highest BCUT2D eigenvalue weighted by atomic mass is 32.2. The highest BCUT2D eigenvalue weighted by molar-refractivity contribution is 7.90. The number of sulfonamides is 1. The third kappa shape index (κ3) is 21.6. The monoisotopic (exact) mass is 1200 g/mol. The van der Waals surface area contributed by atoms with Gasteiger partial charge in [-0.25, -0.2) is 22.7 Å². The van der Waals surface area contributed by atoms with Gasteiger partial charge in [0.15, 0.2) is 0 Å². The molecule has 1 aliphatic heterocycles. The van der Waals surface area contributed by atoms with Gasteiger partial charge >= 0.3 is 12.1 Å². The van der Waals surface area contributed by atoms with E-state index in [0.29, 0.717) is 30.6 Å². The zero-order valence-corrected chi connectivity index (χ0v) is 51.4. The molecule has 0 bridgehead atoms. The fourth-order valence-corrected chi connectivity index (χ4v) is 10.1. The normalized spacial score (nSPS) is 15.1. The van der Waals surface area contributed by atoms with Crippen molar-refractivity contribution in [3.05, 3.63) is 84.0 Å². The largest absolute Gasteiger partial charge is 0.465 e. The van der Waals surface area contributed by atoms with Crippen molar-refractivity contribution in [2.45, 2.75) is 142 Å². The van der Waals surface area contributed by atoms with Crippen LogP contribution in [0.3, 0.4) is 0 Å². The molecule has 9 N–H and O–H groups in total. The van der Waals surface area contributed by atoms with Gasteiger partial charge in [0.1, 0.15) is 24.3 Å². The lowest BCUT2D eigenvalue weighted by molar-refractivity contribution is -0.141. The van der Waals surface area contributed by atoms with E-state index in [-0.39, 0.29) is 86.2 Å². The van der Waals surface area contributed by atoms with E-state index in [2.05, 4.69) is 31.3 Å². The molecule has 0 saturated carbocycles. The summed E-state index contributed by atoms with van der Waals surface area (Å²) >= 11 is 0. The van der Waals surface area contributed by atoms with Crippen LogP contribution in [0.2, 0.25) is 0 Å². The number of imide groups is 1. The predicted octanol–water partition coefficient (Wildman–Crippen LogP) is 3.60. The first kappa shape index (κ1) is 70.8. The number of hydrogen-bond acceptors (Lipinski definition) is 15. The van der Waals surface area contributed by atoms with Crippen LogP contribution < -0.4 is 37.0 Å². The molecule has 0 fully saturated rings. The molecule has 0 aromatic heterocycles. The van der Waals surface area contributed by atoms with Crippen molar-refractivity contribution in [3.8, 4) is 0 Å². The van der Waals surface area contributed by atoms with Crippen LogP contribution in [0.25, 0.3) is 0 Å². The Hall–Kier alpha value is -7.42. The number of carbonyl (C=O) groups is 9. The van der Waals surface area contributed by atoms with Gasteiger partial charge in [0, 0.05) is 61.9 Å². The fraction of sp³-hybridized carbons (Fsp3) is 0.569.